The lowest BCUT2D eigenvalue weighted by atomic mass is 10.2. The maximum absolute atomic E-state index is 6.07. The van der Waals surface area contributed by atoms with Gasteiger partial charge in [-0.3, -0.25) is 4.90 Å². The maximum Gasteiger partial charge on any atom is 0.179 e. The minimum Gasteiger partial charge on any atom is -1.00 e. The molecule has 0 aliphatic carbocycles. The zero-order chi connectivity index (χ0) is 20.5. The Labute approximate surface area is 203 Å². The Morgan fingerprint density at radius 1 is 0.935 bits per heavy atom. The Morgan fingerprint density at radius 2 is 1.61 bits per heavy atom. The van der Waals surface area contributed by atoms with Crippen LogP contribution in [0.1, 0.15) is 13.3 Å². The molecule has 1 aliphatic heterocycles. The molecule has 3 rings (SSSR count). The van der Waals surface area contributed by atoms with Gasteiger partial charge in [0.15, 0.2) is 11.4 Å². The van der Waals surface area contributed by atoms with Crippen LogP contribution in [0.2, 0.25) is 5.02 Å². The summed E-state index contributed by atoms with van der Waals surface area (Å²) >= 11 is 5.98. The second-order valence-electron chi connectivity index (χ2n) is 7.50. The highest BCUT2D eigenvalue weighted by atomic mass is 35.5. The highest BCUT2D eigenvalue weighted by Crippen LogP contribution is 2.19. The third-order valence-electron chi connectivity index (χ3n) is 5.49. The first-order chi connectivity index (χ1) is 14.2. The molecular formula is C23H33Cl3N2O3. The normalized spacial score (nSPS) is 18.9. The fourth-order valence-corrected chi connectivity index (χ4v) is 3.99. The zero-order valence-electron chi connectivity index (χ0n) is 18.2. The molecule has 2 N–H and O–H groups in total. The van der Waals surface area contributed by atoms with Crippen molar-refractivity contribution < 1.29 is 48.8 Å². The number of hydrogen-bond acceptors (Lipinski definition) is 3. The van der Waals surface area contributed by atoms with Crippen LogP contribution in [0, 0.1) is 0 Å². The quantitative estimate of drug-likeness (QED) is 0.330. The van der Waals surface area contributed by atoms with Gasteiger partial charge in [0.2, 0.25) is 0 Å². The van der Waals surface area contributed by atoms with Crippen LogP contribution in [0.5, 0.6) is 11.5 Å². The van der Waals surface area contributed by atoms with Gasteiger partial charge in [0.1, 0.15) is 51.2 Å². The van der Waals surface area contributed by atoms with Crippen molar-refractivity contribution in [2.45, 2.75) is 19.4 Å². The monoisotopic (exact) mass is 490 g/mol. The molecule has 1 aliphatic rings. The predicted octanol–water partition coefficient (Wildman–Crippen LogP) is -4.35. The van der Waals surface area contributed by atoms with E-state index in [9.17, 15) is 0 Å². The van der Waals surface area contributed by atoms with Gasteiger partial charge in [-0.05, 0) is 36.8 Å². The highest BCUT2D eigenvalue weighted by Gasteiger charge is 2.32. The molecule has 0 amide bonds. The van der Waals surface area contributed by atoms with Crippen LogP contribution in [0.15, 0.2) is 48.5 Å². The Balaban J connectivity index is 0.00000240. The van der Waals surface area contributed by atoms with Crippen LogP contribution < -0.4 is 44.1 Å². The molecule has 0 radical (unpaired) electrons. The summed E-state index contributed by atoms with van der Waals surface area (Å²) in [6.07, 6.45) is 1.03. The number of ether oxygens (including phenoxy) is 3. The molecule has 5 nitrogen and oxygen atoms in total. The van der Waals surface area contributed by atoms with Crippen molar-refractivity contribution in [2.24, 2.45) is 0 Å². The number of halogens is 3. The minimum absolute atomic E-state index is 0. The Morgan fingerprint density at radius 3 is 2.26 bits per heavy atom. The number of hydrogen-bond donors (Lipinski definition) is 2. The van der Waals surface area contributed by atoms with E-state index in [2.05, 4.69) is 19.1 Å². The lowest BCUT2D eigenvalue weighted by Crippen LogP contribution is -3.28. The van der Waals surface area contributed by atoms with E-state index < -0.39 is 0 Å². The largest absolute Gasteiger partial charge is 1.00 e. The fraction of sp³-hybridized carbons (Fsp3) is 0.478. The Bertz CT molecular complexity index is 741. The van der Waals surface area contributed by atoms with Crippen molar-refractivity contribution >= 4 is 17.3 Å². The van der Waals surface area contributed by atoms with E-state index in [1.807, 2.05) is 36.4 Å². The van der Waals surface area contributed by atoms with Crippen LogP contribution in [0.25, 0.3) is 0 Å². The number of methoxy groups -OCH3 is 1. The molecule has 1 fully saturated rings. The summed E-state index contributed by atoms with van der Waals surface area (Å²) in [5.41, 5.74) is 1.25. The topological polar surface area (TPSA) is 36.6 Å². The van der Waals surface area contributed by atoms with Crippen molar-refractivity contribution in [3.63, 3.8) is 0 Å². The number of para-hydroxylation sites is 2. The summed E-state index contributed by atoms with van der Waals surface area (Å²) in [6.45, 7) is 8.60. The Hall–Kier alpha value is -1.21. The first-order valence-corrected chi connectivity index (χ1v) is 10.9. The molecule has 1 saturated heterocycles. The molecule has 8 heteroatoms. The molecule has 0 spiro atoms. The van der Waals surface area contributed by atoms with E-state index in [4.69, 9.17) is 25.8 Å². The van der Waals surface area contributed by atoms with Crippen LogP contribution in [-0.2, 0) is 4.74 Å². The molecule has 1 atom stereocenters. The fourth-order valence-electron chi connectivity index (χ4n) is 3.87. The molecule has 31 heavy (non-hydrogen) atoms. The number of benzene rings is 2. The standard InChI is InChI=1S/C23H31ClN2O3.2ClH/c1-3-16-28-17-20(18-29-21-10-8-19(24)9-11-21)25-12-14-26(15-13-25)22-6-4-5-7-23(22)27-2;;/h4-11,20H,3,12-18H2,1-2H3;2*1H. The van der Waals surface area contributed by atoms with Crippen molar-refractivity contribution in [1.29, 1.82) is 0 Å². The summed E-state index contributed by atoms with van der Waals surface area (Å²) in [6, 6.07) is 16.2. The summed E-state index contributed by atoms with van der Waals surface area (Å²) in [4.78, 5) is 3.03. The van der Waals surface area contributed by atoms with E-state index in [1.54, 1.807) is 12.0 Å². The average molecular weight is 492 g/mol. The lowest BCUT2D eigenvalue weighted by molar-refractivity contribution is -1.00. The molecule has 174 valence electrons. The third kappa shape index (κ3) is 8.33. The zero-order valence-corrected chi connectivity index (χ0v) is 20.5. The maximum atomic E-state index is 6.07. The second kappa shape index (κ2) is 14.8. The average Bonchev–Trinajstić information content (AvgIpc) is 2.77. The van der Waals surface area contributed by atoms with Crippen molar-refractivity contribution in [2.75, 3.05) is 53.1 Å². The van der Waals surface area contributed by atoms with Gasteiger partial charge in [-0.15, -0.1) is 0 Å². The van der Waals surface area contributed by atoms with Gasteiger partial charge in [-0.25, -0.2) is 0 Å². The van der Waals surface area contributed by atoms with E-state index in [1.165, 1.54) is 10.6 Å². The third-order valence-corrected chi connectivity index (χ3v) is 5.75. The molecule has 0 saturated carbocycles. The molecule has 0 aromatic heterocycles. The van der Waals surface area contributed by atoms with Gasteiger partial charge in [-0.1, -0.05) is 30.7 Å². The van der Waals surface area contributed by atoms with Crippen LogP contribution in [-0.4, -0.2) is 59.2 Å². The number of piperazine rings is 1. The van der Waals surface area contributed by atoms with Gasteiger partial charge in [0.05, 0.1) is 7.11 Å². The minimum atomic E-state index is 0. The van der Waals surface area contributed by atoms with Gasteiger partial charge in [0, 0.05) is 17.7 Å². The number of rotatable bonds is 10. The van der Waals surface area contributed by atoms with Crippen LogP contribution in [0.4, 0.5) is 5.69 Å². The van der Waals surface area contributed by atoms with Crippen LogP contribution in [0.3, 0.4) is 0 Å². The van der Waals surface area contributed by atoms with E-state index >= 15 is 0 Å². The molecule has 2 aromatic rings. The lowest BCUT2D eigenvalue weighted by Gasteiger charge is -2.34. The smallest absolute Gasteiger partial charge is 0.179 e. The summed E-state index contributed by atoms with van der Waals surface area (Å²) < 4.78 is 17.5. The predicted molar refractivity (Wildman–Crippen MR) is 116 cm³/mol. The summed E-state index contributed by atoms with van der Waals surface area (Å²) in [7, 11) is 1.75. The van der Waals surface area contributed by atoms with Gasteiger partial charge >= 0.3 is 0 Å². The molecule has 2 aromatic carbocycles. The first kappa shape index (κ1) is 27.8. The van der Waals surface area contributed by atoms with E-state index in [0.717, 1.165) is 62.3 Å². The Kier molecular flexibility index (Phi) is 13.3. The van der Waals surface area contributed by atoms with Gasteiger partial charge in [-0.2, -0.15) is 0 Å². The number of nitrogens with one attached hydrogen (secondary N) is 2. The molecular weight excluding hydrogens is 459 g/mol. The summed E-state index contributed by atoms with van der Waals surface area (Å²) in [5.74, 6) is 1.83. The van der Waals surface area contributed by atoms with Crippen molar-refractivity contribution in [3.05, 3.63) is 53.6 Å². The van der Waals surface area contributed by atoms with Gasteiger partial charge < -0.3 is 43.9 Å². The first-order valence-electron chi connectivity index (χ1n) is 10.5. The molecule has 1 heterocycles. The second-order valence-corrected chi connectivity index (χ2v) is 7.94. The van der Waals surface area contributed by atoms with E-state index in [0.29, 0.717) is 12.6 Å². The van der Waals surface area contributed by atoms with Crippen molar-refractivity contribution in [3.8, 4) is 11.5 Å². The van der Waals surface area contributed by atoms with Crippen molar-refractivity contribution in [1.82, 2.24) is 0 Å². The SMILES string of the molecule is CCCOCC(COc1ccc(Cl)cc1)[NH+]1CC[NH+](c2ccccc2OC)CC1.[Cl-].[Cl-]. The number of quaternary nitrogens is 2. The van der Waals surface area contributed by atoms with Crippen LogP contribution >= 0.6 is 11.6 Å². The molecule has 1 unspecified atom stereocenters. The highest BCUT2D eigenvalue weighted by molar-refractivity contribution is 6.30. The molecule has 0 bridgehead atoms. The summed E-state index contributed by atoms with van der Waals surface area (Å²) in [5, 5.41) is 0.723. The van der Waals surface area contributed by atoms with Gasteiger partial charge in [0.25, 0.3) is 0 Å². The van der Waals surface area contributed by atoms with E-state index in [-0.39, 0.29) is 24.8 Å².